The van der Waals surface area contributed by atoms with Gasteiger partial charge in [-0.25, -0.2) is 4.72 Å². The summed E-state index contributed by atoms with van der Waals surface area (Å²) in [6.07, 6.45) is -1.83. The van der Waals surface area contributed by atoms with Crippen molar-refractivity contribution < 1.29 is 22.5 Å². The Morgan fingerprint density at radius 2 is 1.81 bits per heavy atom. The highest BCUT2D eigenvalue weighted by Crippen LogP contribution is 2.31. The van der Waals surface area contributed by atoms with Crippen molar-refractivity contribution in [3.63, 3.8) is 0 Å². The van der Waals surface area contributed by atoms with E-state index < -0.39 is 29.5 Å². The maximum atomic E-state index is 12.6. The minimum absolute atomic E-state index is 0.431. The first-order valence-corrected chi connectivity index (χ1v) is 9.14. The summed E-state index contributed by atoms with van der Waals surface area (Å²) in [4.78, 5) is 0. The molecule has 2 unspecified atom stereocenters. The monoisotopic (exact) mass is 383 g/mol. The molecular weight excluding hydrogens is 367 g/mol. The van der Waals surface area contributed by atoms with Gasteiger partial charge in [-0.3, -0.25) is 0 Å². The second-order valence-electron chi connectivity index (χ2n) is 5.53. The van der Waals surface area contributed by atoms with Gasteiger partial charge in [0.25, 0.3) is 0 Å². The van der Waals surface area contributed by atoms with Crippen molar-refractivity contribution in [3.05, 3.63) is 65.9 Å². The number of ether oxygens (including phenoxy) is 1. The maximum absolute atomic E-state index is 12.6. The van der Waals surface area contributed by atoms with E-state index in [-0.39, 0.29) is 0 Å². The van der Waals surface area contributed by atoms with E-state index in [9.17, 15) is 17.7 Å². The number of benzene rings is 2. The first-order chi connectivity index (χ1) is 12.3. The van der Waals surface area contributed by atoms with Gasteiger partial charge in [-0.05, 0) is 30.3 Å². The van der Waals surface area contributed by atoms with E-state index in [2.05, 4.69) is 15.4 Å². The summed E-state index contributed by atoms with van der Waals surface area (Å²) in [5.41, 5.74) is 1.23. The number of rotatable bonds is 5. The lowest BCUT2D eigenvalue weighted by molar-refractivity contribution is -0.137. The number of alkyl halides is 3. The Kier molecular flexibility index (Phi) is 5.19. The summed E-state index contributed by atoms with van der Waals surface area (Å²) in [6, 6.07) is 11.9. The first-order valence-electron chi connectivity index (χ1n) is 7.58. The average molecular weight is 383 g/mol. The third kappa shape index (κ3) is 4.55. The van der Waals surface area contributed by atoms with Crippen molar-refractivity contribution in [3.8, 4) is 0 Å². The fraction of sp³-hybridized carbons (Fsp3) is 0.176. The predicted molar refractivity (Wildman–Crippen MR) is 95.2 cm³/mol. The van der Waals surface area contributed by atoms with Crippen molar-refractivity contribution in [1.82, 2.24) is 5.32 Å². The second kappa shape index (κ2) is 7.38. The molecule has 1 aliphatic rings. The Morgan fingerprint density at radius 1 is 1.12 bits per heavy atom. The van der Waals surface area contributed by atoms with E-state index in [1.807, 2.05) is 6.07 Å². The molecule has 2 atom stereocenters. The van der Waals surface area contributed by atoms with Gasteiger partial charge in [0.2, 0.25) is 6.35 Å². The van der Waals surface area contributed by atoms with Crippen LogP contribution in [0.15, 0.2) is 54.7 Å². The van der Waals surface area contributed by atoms with Gasteiger partial charge in [-0.15, -0.1) is 0 Å². The van der Waals surface area contributed by atoms with Crippen LogP contribution in [0.25, 0.3) is 5.76 Å². The molecule has 0 aromatic heterocycles. The van der Waals surface area contributed by atoms with Crippen LogP contribution in [0.5, 0.6) is 0 Å². The molecule has 0 saturated heterocycles. The Morgan fingerprint density at radius 3 is 2.46 bits per heavy atom. The quantitative estimate of drug-likeness (QED) is 0.687. The van der Waals surface area contributed by atoms with Gasteiger partial charge in [0.1, 0.15) is 12.0 Å². The molecular formula is C17H16F3N3O2S. The molecule has 0 bridgehead atoms. The zero-order chi connectivity index (χ0) is 18.7. The average Bonchev–Trinajstić information content (AvgIpc) is 3.02. The van der Waals surface area contributed by atoms with Crippen molar-refractivity contribution in [1.29, 1.82) is 0 Å². The van der Waals surface area contributed by atoms with Crippen molar-refractivity contribution in [2.75, 3.05) is 16.3 Å². The molecule has 0 spiro atoms. The van der Waals surface area contributed by atoms with Crippen molar-refractivity contribution >= 4 is 28.5 Å². The number of anilines is 2. The van der Waals surface area contributed by atoms with Crippen LogP contribution in [0, 0.1) is 0 Å². The van der Waals surface area contributed by atoms with E-state index in [0.29, 0.717) is 17.0 Å². The van der Waals surface area contributed by atoms with Crippen LogP contribution in [0.3, 0.4) is 0 Å². The minimum Gasteiger partial charge on any atom is -0.593 e. The maximum Gasteiger partial charge on any atom is 0.416 e. The zero-order valence-electron chi connectivity index (χ0n) is 13.6. The Hall–Kier alpha value is -2.52. The summed E-state index contributed by atoms with van der Waals surface area (Å²) in [5.74, 6) is 0.431. The summed E-state index contributed by atoms with van der Waals surface area (Å²) in [5, 5.41) is 6.05. The largest absolute Gasteiger partial charge is 0.593 e. The fourth-order valence-electron chi connectivity index (χ4n) is 2.38. The lowest BCUT2D eigenvalue weighted by Crippen LogP contribution is -2.30. The van der Waals surface area contributed by atoms with E-state index in [0.717, 1.165) is 17.8 Å². The molecule has 3 N–H and O–H groups in total. The Labute approximate surface area is 151 Å². The van der Waals surface area contributed by atoms with Crippen LogP contribution < -0.4 is 15.4 Å². The predicted octanol–water partition coefficient (Wildman–Crippen LogP) is 3.72. The lowest BCUT2D eigenvalue weighted by Gasteiger charge is -2.17. The third-order valence-corrected chi connectivity index (χ3v) is 4.05. The highest BCUT2D eigenvalue weighted by atomic mass is 32.2. The zero-order valence-corrected chi connectivity index (χ0v) is 14.4. The normalized spacial score (nSPS) is 17.7. The number of nitrogens with one attached hydrogen (secondary N) is 3. The topological polar surface area (TPSA) is 68.4 Å². The van der Waals surface area contributed by atoms with Gasteiger partial charge >= 0.3 is 6.18 Å². The second-order valence-corrected chi connectivity index (χ2v) is 6.64. The molecule has 0 saturated carbocycles. The fourth-order valence-corrected chi connectivity index (χ4v) is 2.84. The van der Waals surface area contributed by atoms with Gasteiger partial charge in [0.05, 0.1) is 22.6 Å². The number of hydrogen-bond donors (Lipinski definition) is 3. The van der Waals surface area contributed by atoms with Gasteiger partial charge in [-0.1, -0.05) is 18.2 Å². The van der Waals surface area contributed by atoms with Crippen molar-refractivity contribution in [2.45, 2.75) is 12.5 Å². The highest BCUT2D eigenvalue weighted by Gasteiger charge is 2.30. The van der Waals surface area contributed by atoms with Crippen molar-refractivity contribution in [2.24, 2.45) is 0 Å². The molecule has 0 fully saturated rings. The molecule has 5 nitrogen and oxygen atoms in total. The Balaban J connectivity index is 1.62. The van der Waals surface area contributed by atoms with E-state index in [1.54, 1.807) is 24.4 Å². The van der Waals surface area contributed by atoms with Crippen LogP contribution in [-0.4, -0.2) is 17.2 Å². The molecule has 0 amide bonds. The molecule has 9 heteroatoms. The van der Waals surface area contributed by atoms with Gasteiger partial charge in [-0.2, -0.15) is 13.2 Å². The van der Waals surface area contributed by atoms with Crippen LogP contribution in [-0.2, 0) is 22.3 Å². The lowest BCUT2D eigenvalue weighted by atomic mass is 10.1. The Bertz CT molecular complexity index is 795. The molecule has 2 aromatic rings. The molecule has 0 aliphatic carbocycles. The summed E-state index contributed by atoms with van der Waals surface area (Å²) in [6.45, 7) is 0. The van der Waals surface area contributed by atoms with Gasteiger partial charge in [0, 0.05) is 17.5 Å². The first kappa shape index (κ1) is 18.3. The van der Waals surface area contributed by atoms with E-state index >= 15 is 0 Å². The molecule has 3 rings (SSSR count). The number of halogens is 3. The summed E-state index contributed by atoms with van der Waals surface area (Å²) < 4.78 is 57.5. The smallest absolute Gasteiger partial charge is 0.416 e. The van der Waals surface area contributed by atoms with Gasteiger partial charge in [0.15, 0.2) is 0 Å². The van der Waals surface area contributed by atoms with Crippen LogP contribution in [0.4, 0.5) is 24.5 Å². The van der Waals surface area contributed by atoms with Crippen LogP contribution in [0.1, 0.15) is 11.1 Å². The van der Waals surface area contributed by atoms with E-state index in [1.165, 1.54) is 18.4 Å². The van der Waals surface area contributed by atoms with E-state index in [4.69, 9.17) is 4.74 Å². The minimum atomic E-state index is -4.37. The molecule has 138 valence electrons. The van der Waals surface area contributed by atoms with Crippen LogP contribution in [0.2, 0.25) is 0 Å². The standard InChI is InChI=1S/C17H16F3N3O2S/c1-26(24)23-14-4-2-3-13(9-14)22-16-21-10-15(25-16)11-5-7-12(8-6-11)17(18,19)20/h2-10,16,21-23H,1H3. The number of hydrogen-bond acceptors (Lipinski definition) is 5. The molecule has 1 aliphatic heterocycles. The van der Waals surface area contributed by atoms with Crippen LogP contribution >= 0.6 is 0 Å². The highest BCUT2D eigenvalue weighted by molar-refractivity contribution is 7.92. The molecule has 2 aromatic carbocycles. The molecule has 26 heavy (non-hydrogen) atoms. The summed E-state index contributed by atoms with van der Waals surface area (Å²) >= 11 is -1.18. The SMILES string of the molecule is C[S+]([O-])Nc1cccc(NC2NC=C(c3ccc(C(F)(F)F)cc3)O2)c1. The summed E-state index contributed by atoms with van der Waals surface area (Å²) in [7, 11) is 0. The molecule has 0 radical (unpaired) electrons. The third-order valence-electron chi connectivity index (χ3n) is 3.53. The van der Waals surface area contributed by atoms with Gasteiger partial charge < -0.3 is 19.9 Å². The molecule has 1 heterocycles.